The number of hydrogen-bond acceptors (Lipinski definition) is 2. The predicted molar refractivity (Wildman–Crippen MR) is 63.4 cm³/mol. The average molecular weight is 294 g/mol. The molecule has 1 aliphatic heterocycles. The van der Waals surface area contributed by atoms with Crippen molar-refractivity contribution in [3.63, 3.8) is 0 Å². The average Bonchev–Trinajstić information content (AvgIpc) is 2.54. The van der Waals surface area contributed by atoms with E-state index in [2.05, 4.69) is 21.2 Å². The van der Waals surface area contributed by atoms with Gasteiger partial charge in [0.05, 0.1) is 15.6 Å². The Morgan fingerprint density at radius 2 is 1.47 bits per heavy atom. The first-order valence-electron chi connectivity index (χ1n) is 4.85. The monoisotopic (exact) mass is 293 g/mol. The zero-order chi connectivity index (χ0) is 12.2. The number of halogens is 2. The first-order chi connectivity index (χ1) is 8.06. The fraction of sp³-hybridized carbons (Fsp3) is 0. The van der Waals surface area contributed by atoms with E-state index in [4.69, 9.17) is 0 Å². The fourth-order valence-electron chi connectivity index (χ4n) is 1.91. The maximum Gasteiger partial charge on any atom is 0.258 e. The van der Waals surface area contributed by atoms with Crippen LogP contribution < -0.4 is 5.32 Å². The smallest absolute Gasteiger partial charge is 0.258 e. The Bertz CT molecular complexity index is 638. The van der Waals surface area contributed by atoms with Crippen LogP contribution in [0.5, 0.6) is 0 Å². The number of benzene rings is 2. The molecule has 0 saturated carbocycles. The van der Waals surface area contributed by atoms with E-state index in [1.807, 2.05) is 0 Å². The van der Waals surface area contributed by atoms with Gasteiger partial charge in [-0.1, -0.05) is 0 Å². The summed E-state index contributed by atoms with van der Waals surface area (Å²) in [5.41, 5.74) is 0.630. The molecule has 2 aromatic carbocycles. The first kappa shape index (κ1) is 10.4. The van der Waals surface area contributed by atoms with Gasteiger partial charge in [-0.2, -0.15) is 0 Å². The molecule has 1 aliphatic rings. The molecule has 17 heavy (non-hydrogen) atoms. The van der Waals surface area contributed by atoms with E-state index < -0.39 is 17.6 Å². The lowest BCUT2D eigenvalue weighted by Gasteiger charge is -2.02. The minimum absolute atomic E-state index is 0.296. The van der Waals surface area contributed by atoms with Gasteiger partial charge < -0.3 is 0 Å². The highest BCUT2D eigenvalue weighted by atomic mass is 79.9. The van der Waals surface area contributed by atoms with E-state index in [0.29, 0.717) is 26.4 Å². The Morgan fingerprint density at radius 3 is 2.06 bits per heavy atom. The lowest BCUT2D eigenvalue weighted by molar-refractivity contribution is 0.0879. The molecule has 1 heterocycles. The van der Waals surface area contributed by atoms with Crippen LogP contribution in [0.4, 0.5) is 4.39 Å². The van der Waals surface area contributed by atoms with Gasteiger partial charge >= 0.3 is 0 Å². The van der Waals surface area contributed by atoms with Crippen LogP contribution in [0.2, 0.25) is 0 Å². The van der Waals surface area contributed by atoms with Crippen LogP contribution in [0.25, 0.3) is 10.8 Å². The van der Waals surface area contributed by atoms with Crippen molar-refractivity contribution in [1.82, 2.24) is 5.32 Å². The standard InChI is InChI=1S/C12H5BrFNO2/c13-9-3-5-1-7-8(12(17)15-11(7)16)2-6(5)4-10(9)14/h1-4H,(H,15,16,17). The highest BCUT2D eigenvalue weighted by Gasteiger charge is 2.27. The van der Waals surface area contributed by atoms with Crippen LogP contribution in [-0.4, -0.2) is 11.8 Å². The number of nitrogens with one attached hydrogen (secondary N) is 1. The highest BCUT2D eigenvalue weighted by molar-refractivity contribution is 9.10. The summed E-state index contributed by atoms with van der Waals surface area (Å²) >= 11 is 3.08. The molecule has 2 aromatic rings. The molecule has 2 amide bonds. The second-order valence-electron chi connectivity index (χ2n) is 3.79. The molecule has 0 fully saturated rings. The third-order valence-corrected chi connectivity index (χ3v) is 3.34. The molecule has 0 radical (unpaired) electrons. The molecule has 0 unspecified atom stereocenters. The molecule has 84 valence electrons. The van der Waals surface area contributed by atoms with Gasteiger partial charge in [0.25, 0.3) is 11.8 Å². The highest BCUT2D eigenvalue weighted by Crippen LogP contribution is 2.27. The molecule has 1 N–H and O–H groups in total. The Hall–Kier alpha value is -1.75. The molecule has 0 spiro atoms. The molecule has 3 nitrogen and oxygen atoms in total. The van der Waals surface area contributed by atoms with E-state index in [9.17, 15) is 14.0 Å². The van der Waals surface area contributed by atoms with Gasteiger partial charge in [0.15, 0.2) is 0 Å². The normalized spacial score (nSPS) is 14.0. The number of rotatable bonds is 0. The van der Waals surface area contributed by atoms with Crippen LogP contribution >= 0.6 is 15.9 Å². The van der Waals surface area contributed by atoms with Gasteiger partial charge in [-0.25, -0.2) is 4.39 Å². The van der Waals surface area contributed by atoms with Crippen molar-refractivity contribution in [2.45, 2.75) is 0 Å². The largest absolute Gasteiger partial charge is 0.288 e. The third kappa shape index (κ3) is 1.46. The van der Waals surface area contributed by atoms with Gasteiger partial charge in [-0.3, -0.25) is 14.9 Å². The molecular formula is C12H5BrFNO2. The second-order valence-corrected chi connectivity index (χ2v) is 4.65. The number of fused-ring (bicyclic) bond motifs is 2. The minimum atomic E-state index is -0.435. The third-order valence-electron chi connectivity index (χ3n) is 2.73. The van der Waals surface area contributed by atoms with Gasteiger partial charge in [-0.05, 0) is 51.0 Å². The van der Waals surface area contributed by atoms with Gasteiger partial charge in [0.1, 0.15) is 5.82 Å². The maximum atomic E-state index is 13.4. The van der Waals surface area contributed by atoms with Gasteiger partial charge in [-0.15, -0.1) is 0 Å². The Kier molecular flexibility index (Phi) is 2.06. The first-order valence-corrected chi connectivity index (χ1v) is 5.64. The summed E-state index contributed by atoms with van der Waals surface area (Å²) in [6, 6.07) is 6.03. The molecule has 0 aromatic heterocycles. The summed E-state index contributed by atoms with van der Waals surface area (Å²) in [5, 5.41) is 3.50. The van der Waals surface area contributed by atoms with E-state index in [0.717, 1.165) is 0 Å². The zero-order valence-corrected chi connectivity index (χ0v) is 9.97. The summed E-state index contributed by atoms with van der Waals surface area (Å²) in [6.45, 7) is 0. The number of carbonyl (C=O) groups is 2. The molecular weight excluding hydrogens is 289 g/mol. The number of imide groups is 1. The number of hydrogen-bond donors (Lipinski definition) is 1. The van der Waals surface area contributed by atoms with Crippen molar-refractivity contribution in [2.24, 2.45) is 0 Å². The molecule has 5 heteroatoms. The predicted octanol–water partition coefficient (Wildman–Crippen LogP) is 2.62. The minimum Gasteiger partial charge on any atom is -0.288 e. The second kappa shape index (κ2) is 3.37. The van der Waals surface area contributed by atoms with Crippen LogP contribution in [-0.2, 0) is 0 Å². The lowest BCUT2D eigenvalue weighted by Crippen LogP contribution is -2.19. The summed E-state index contributed by atoms with van der Waals surface area (Å²) in [6.07, 6.45) is 0. The molecule has 0 saturated heterocycles. The summed E-state index contributed by atoms with van der Waals surface area (Å²) in [7, 11) is 0. The quantitative estimate of drug-likeness (QED) is 0.759. The van der Waals surface area contributed by atoms with Crippen molar-refractivity contribution >= 4 is 38.5 Å². The van der Waals surface area contributed by atoms with Crippen molar-refractivity contribution in [2.75, 3.05) is 0 Å². The van der Waals surface area contributed by atoms with Gasteiger partial charge in [0.2, 0.25) is 0 Å². The number of carbonyl (C=O) groups excluding carboxylic acids is 2. The van der Waals surface area contributed by atoms with Crippen molar-refractivity contribution < 1.29 is 14.0 Å². The van der Waals surface area contributed by atoms with Crippen molar-refractivity contribution in [3.05, 3.63) is 45.7 Å². The van der Waals surface area contributed by atoms with E-state index in [1.165, 1.54) is 12.1 Å². The van der Waals surface area contributed by atoms with E-state index >= 15 is 0 Å². The summed E-state index contributed by atoms with van der Waals surface area (Å²) in [5.74, 6) is -1.25. The van der Waals surface area contributed by atoms with Crippen LogP contribution in [0.3, 0.4) is 0 Å². The van der Waals surface area contributed by atoms with Gasteiger partial charge in [0, 0.05) is 0 Å². The van der Waals surface area contributed by atoms with E-state index in [-0.39, 0.29) is 0 Å². The Morgan fingerprint density at radius 1 is 0.941 bits per heavy atom. The van der Waals surface area contributed by atoms with Crippen LogP contribution in [0.1, 0.15) is 20.7 Å². The fourth-order valence-corrected chi connectivity index (χ4v) is 2.27. The van der Waals surface area contributed by atoms with Crippen molar-refractivity contribution in [1.29, 1.82) is 0 Å². The van der Waals surface area contributed by atoms with Crippen LogP contribution in [0.15, 0.2) is 28.7 Å². The number of amides is 2. The molecule has 0 bridgehead atoms. The Labute approximate surface area is 104 Å². The molecule has 0 atom stereocenters. The molecule has 0 aliphatic carbocycles. The van der Waals surface area contributed by atoms with E-state index in [1.54, 1.807) is 12.1 Å². The molecule has 3 rings (SSSR count). The maximum absolute atomic E-state index is 13.4. The van der Waals surface area contributed by atoms with Crippen molar-refractivity contribution in [3.8, 4) is 0 Å². The topological polar surface area (TPSA) is 46.2 Å². The van der Waals surface area contributed by atoms with Crippen LogP contribution in [0, 0.1) is 5.82 Å². The summed E-state index contributed by atoms with van der Waals surface area (Å²) < 4.78 is 13.7. The summed E-state index contributed by atoms with van der Waals surface area (Å²) in [4.78, 5) is 22.9. The zero-order valence-electron chi connectivity index (χ0n) is 8.38. The Balaban J connectivity index is 2.39. The lowest BCUT2D eigenvalue weighted by atomic mass is 10.0. The SMILES string of the molecule is O=C1NC(=O)c2cc3cc(Br)c(F)cc3cc21.